The van der Waals surface area contributed by atoms with Crippen LogP contribution in [0.3, 0.4) is 0 Å². The van der Waals surface area contributed by atoms with Crippen LogP contribution in [0.5, 0.6) is 5.75 Å². The molecule has 0 aliphatic carbocycles. The summed E-state index contributed by atoms with van der Waals surface area (Å²) in [5.41, 5.74) is 1.46. The van der Waals surface area contributed by atoms with E-state index in [1.165, 1.54) is 11.3 Å². The van der Waals surface area contributed by atoms with Gasteiger partial charge in [0.25, 0.3) is 5.91 Å². The molecule has 1 aromatic carbocycles. The number of carbonyl (C=O) groups excluding carboxylic acids is 2. The first-order chi connectivity index (χ1) is 15.8. The number of carbonyl (C=O) groups is 2. The lowest BCUT2D eigenvalue weighted by atomic mass is 9.95. The summed E-state index contributed by atoms with van der Waals surface area (Å²) < 4.78 is 5.66. The van der Waals surface area contributed by atoms with Crippen LogP contribution in [0.4, 0.5) is 0 Å². The third kappa shape index (κ3) is 5.28. The average molecular weight is 472 g/mol. The number of aliphatic hydroxyl groups excluding tert-OH is 1. The van der Waals surface area contributed by atoms with Crippen LogP contribution < -0.4 is 4.74 Å². The molecule has 8 heteroatoms. The number of hydrogen-bond acceptors (Lipinski definition) is 7. The van der Waals surface area contributed by atoms with Crippen molar-refractivity contribution in [3.05, 3.63) is 56.7 Å². The second-order valence-corrected chi connectivity index (χ2v) is 9.23. The summed E-state index contributed by atoms with van der Waals surface area (Å²) in [6.45, 7) is 13.4. The lowest BCUT2D eigenvalue weighted by Crippen LogP contribution is -2.34. The van der Waals surface area contributed by atoms with Crippen molar-refractivity contribution in [1.82, 2.24) is 14.8 Å². The van der Waals surface area contributed by atoms with E-state index in [1.54, 1.807) is 11.8 Å². The van der Waals surface area contributed by atoms with Gasteiger partial charge in [0.1, 0.15) is 5.75 Å². The summed E-state index contributed by atoms with van der Waals surface area (Å²) in [6.07, 6.45) is 0.739. The lowest BCUT2D eigenvalue weighted by Gasteiger charge is -2.28. The summed E-state index contributed by atoms with van der Waals surface area (Å²) in [5.74, 6) is -0.667. The smallest absolute Gasteiger partial charge is 0.290 e. The number of aliphatic hydroxyl groups is 1. The van der Waals surface area contributed by atoms with E-state index >= 15 is 0 Å². The van der Waals surface area contributed by atoms with E-state index in [4.69, 9.17) is 4.74 Å². The van der Waals surface area contributed by atoms with Crippen molar-refractivity contribution in [2.24, 2.45) is 0 Å². The van der Waals surface area contributed by atoms with Gasteiger partial charge in [0.2, 0.25) is 5.78 Å². The maximum Gasteiger partial charge on any atom is 0.290 e. The minimum absolute atomic E-state index is 0.114. The first-order valence-electron chi connectivity index (χ1n) is 11.5. The normalized spacial score (nSPS) is 16.2. The number of ketones is 1. The van der Waals surface area contributed by atoms with E-state index in [0.29, 0.717) is 29.5 Å². The van der Waals surface area contributed by atoms with Crippen molar-refractivity contribution in [2.75, 3.05) is 32.8 Å². The highest BCUT2D eigenvalue weighted by molar-refractivity contribution is 7.14. The molecule has 0 radical (unpaired) electrons. The zero-order chi connectivity index (χ0) is 24.1. The van der Waals surface area contributed by atoms with Gasteiger partial charge >= 0.3 is 0 Å². The molecule has 2 aromatic rings. The van der Waals surface area contributed by atoms with Crippen LogP contribution in [-0.2, 0) is 4.79 Å². The Labute approximate surface area is 199 Å². The van der Waals surface area contributed by atoms with Crippen molar-refractivity contribution in [3.8, 4) is 5.75 Å². The molecule has 1 atom stereocenters. The van der Waals surface area contributed by atoms with Crippen molar-refractivity contribution in [2.45, 2.75) is 47.1 Å². The van der Waals surface area contributed by atoms with Gasteiger partial charge in [-0.2, -0.15) is 0 Å². The molecule has 7 nitrogen and oxygen atoms in total. The minimum Gasteiger partial charge on any atom is -0.503 e. The van der Waals surface area contributed by atoms with E-state index in [9.17, 15) is 14.7 Å². The van der Waals surface area contributed by atoms with Gasteiger partial charge in [0.05, 0.1) is 33.8 Å². The molecule has 0 fully saturated rings. The number of amides is 1. The monoisotopic (exact) mass is 471 g/mol. The Balaban J connectivity index is 2.00. The maximum atomic E-state index is 13.6. The Morgan fingerprint density at radius 2 is 1.97 bits per heavy atom. The van der Waals surface area contributed by atoms with Crippen LogP contribution in [0.25, 0.3) is 0 Å². The number of benzene rings is 1. The number of aryl methyl sites for hydroxylation is 2. The quantitative estimate of drug-likeness (QED) is 0.487. The molecule has 0 spiro atoms. The molecule has 0 bridgehead atoms. The first kappa shape index (κ1) is 24.9. The Bertz CT molecular complexity index is 1040. The fourth-order valence-corrected chi connectivity index (χ4v) is 5.15. The fourth-order valence-electron chi connectivity index (χ4n) is 4.27. The molecule has 3 rings (SSSR count). The van der Waals surface area contributed by atoms with Gasteiger partial charge in [-0.3, -0.25) is 9.59 Å². The SMILES string of the molecule is CCOc1cccc(C2C(C(=O)c3sc(C)nc3C)=C(O)C(=O)N2CCCN(CC)CC)c1. The predicted molar refractivity (Wildman–Crippen MR) is 130 cm³/mol. The van der Waals surface area contributed by atoms with E-state index in [2.05, 4.69) is 23.7 Å². The summed E-state index contributed by atoms with van der Waals surface area (Å²) in [5, 5.41) is 11.6. The molecule has 1 amide bonds. The van der Waals surface area contributed by atoms with Crippen molar-refractivity contribution < 1.29 is 19.4 Å². The topological polar surface area (TPSA) is 83.0 Å². The highest BCUT2D eigenvalue weighted by Gasteiger charge is 2.44. The molecule has 0 saturated heterocycles. The largest absolute Gasteiger partial charge is 0.503 e. The number of ether oxygens (including phenoxy) is 1. The molecule has 33 heavy (non-hydrogen) atoms. The zero-order valence-electron chi connectivity index (χ0n) is 20.1. The van der Waals surface area contributed by atoms with Crippen molar-refractivity contribution in [1.29, 1.82) is 0 Å². The summed E-state index contributed by atoms with van der Waals surface area (Å²) in [4.78, 5) is 35.5. The minimum atomic E-state index is -0.677. The molecule has 1 aromatic heterocycles. The number of nitrogens with zero attached hydrogens (tertiary/aromatic N) is 3. The lowest BCUT2D eigenvalue weighted by molar-refractivity contribution is -0.129. The number of aromatic nitrogens is 1. The third-order valence-corrected chi connectivity index (χ3v) is 6.98. The van der Waals surface area contributed by atoms with Gasteiger partial charge in [-0.1, -0.05) is 26.0 Å². The Morgan fingerprint density at radius 3 is 2.58 bits per heavy atom. The second-order valence-electron chi connectivity index (χ2n) is 8.03. The van der Waals surface area contributed by atoms with Crippen LogP contribution in [-0.4, -0.2) is 64.4 Å². The van der Waals surface area contributed by atoms with E-state index < -0.39 is 17.7 Å². The van der Waals surface area contributed by atoms with Gasteiger partial charge in [-0.05, 0) is 64.5 Å². The predicted octanol–water partition coefficient (Wildman–Crippen LogP) is 4.47. The molecule has 1 N–H and O–H groups in total. The van der Waals surface area contributed by atoms with Gasteiger partial charge in [0, 0.05) is 6.54 Å². The van der Waals surface area contributed by atoms with Crippen molar-refractivity contribution in [3.63, 3.8) is 0 Å². The first-order valence-corrected chi connectivity index (χ1v) is 12.3. The number of Topliss-reactive ketones (excluding diaryl/α,β-unsaturated/α-hetero) is 1. The standard InChI is InChI=1S/C25H33N3O4S/c1-6-27(7-2)13-10-14-28-21(18-11-9-12-19(15-18)32-8-3)20(23(30)25(28)31)22(29)24-16(4)26-17(5)33-24/h9,11-12,15,21,30H,6-8,10,13-14H2,1-5H3. The third-order valence-electron chi connectivity index (χ3n) is 5.91. The summed E-state index contributed by atoms with van der Waals surface area (Å²) >= 11 is 1.28. The number of thiazole rings is 1. The fraction of sp³-hybridized carbons (Fsp3) is 0.480. The van der Waals surface area contributed by atoms with Crippen LogP contribution in [0.1, 0.15) is 59.2 Å². The van der Waals surface area contributed by atoms with E-state index in [0.717, 1.165) is 36.6 Å². The van der Waals surface area contributed by atoms with E-state index in [-0.39, 0.29) is 11.4 Å². The van der Waals surface area contributed by atoms with Gasteiger partial charge in [-0.25, -0.2) is 4.98 Å². The molecule has 1 unspecified atom stereocenters. The number of rotatable bonds is 11. The second kappa shape index (κ2) is 10.9. The average Bonchev–Trinajstić information content (AvgIpc) is 3.27. The van der Waals surface area contributed by atoms with Gasteiger partial charge in [-0.15, -0.1) is 11.3 Å². The molecule has 0 saturated carbocycles. The van der Waals surface area contributed by atoms with E-state index in [1.807, 2.05) is 38.1 Å². The summed E-state index contributed by atoms with van der Waals surface area (Å²) in [7, 11) is 0. The van der Waals surface area contributed by atoms with Crippen molar-refractivity contribution >= 4 is 23.0 Å². The Morgan fingerprint density at radius 1 is 1.24 bits per heavy atom. The molecule has 1 aliphatic heterocycles. The molecular weight excluding hydrogens is 438 g/mol. The number of hydrogen-bond donors (Lipinski definition) is 1. The Hall–Kier alpha value is -2.71. The van der Waals surface area contributed by atoms with Crippen LogP contribution in [0.2, 0.25) is 0 Å². The van der Waals surface area contributed by atoms with Crippen LogP contribution >= 0.6 is 11.3 Å². The zero-order valence-corrected chi connectivity index (χ0v) is 20.9. The summed E-state index contributed by atoms with van der Waals surface area (Å²) in [6, 6.07) is 6.72. The van der Waals surface area contributed by atoms with Gasteiger partial charge < -0.3 is 19.6 Å². The van der Waals surface area contributed by atoms with Crippen LogP contribution in [0.15, 0.2) is 35.6 Å². The van der Waals surface area contributed by atoms with Gasteiger partial charge in [0.15, 0.2) is 5.76 Å². The molecular formula is C25H33N3O4S. The maximum absolute atomic E-state index is 13.6. The molecule has 178 valence electrons. The molecule has 2 heterocycles. The Kier molecular flexibility index (Phi) is 8.26. The van der Waals surface area contributed by atoms with Crippen LogP contribution in [0, 0.1) is 13.8 Å². The molecule has 1 aliphatic rings. The highest BCUT2D eigenvalue weighted by Crippen LogP contribution is 2.41. The highest BCUT2D eigenvalue weighted by atomic mass is 32.1.